The van der Waals surface area contributed by atoms with Crippen molar-refractivity contribution in [2.45, 2.75) is 0 Å². The van der Waals surface area contributed by atoms with Crippen LogP contribution in [0.4, 0.5) is 4.39 Å². The van der Waals surface area contributed by atoms with Gasteiger partial charge < -0.3 is 9.80 Å². The van der Waals surface area contributed by atoms with Crippen LogP contribution in [-0.2, 0) is 14.8 Å². The number of piperazine rings is 2. The molecule has 3 rings (SSSR count). The van der Waals surface area contributed by atoms with E-state index in [9.17, 15) is 22.4 Å². The van der Waals surface area contributed by atoms with Crippen molar-refractivity contribution >= 4 is 21.8 Å². The number of hydrogen-bond acceptors (Lipinski definition) is 5. The lowest BCUT2D eigenvalue weighted by molar-refractivity contribution is -0.133. The SMILES string of the molecule is CS(=O)(=O)N1CCN(C(=O)CN2CCN(C(=O)c3ccccc3F)CC2)CC1. The van der Waals surface area contributed by atoms with Gasteiger partial charge in [-0.1, -0.05) is 12.1 Å². The Balaban J connectivity index is 1.46. The Morgan fingerprint density at radius 1 is 0.929 bits per heavy atom. The van der Waals surface area contributed by atoms with Gasteiger partial charge in [-0.15, -0.1) is 0 Å². The minimum Gasteiger partial charge on any atom is -0.339 e. The van der Waals surface area contributed by atoms with Crippen LogP contribution in [0.3, 0.4) is 0 Å². The quantitative estimate of drug-likeness (QED) is 0.678. The number of rotatable bonds is 4. The molecule has 1 aromatic rings. The van der Waals surface area contributed by atoms with Crippen molar-refractivity contribution in [3.05, 3.63) is 35.6 Å². The van der Waals surface area contributed by atoms with E-state index >= 15 is 0 Å². The molecule has 0 atom stereocenters. The standard InChI is InChI=1S/C18H25FN4O4S/c1-28(26,27)23-12-10-21(11-13-23)17(24)14-20-6-8-22(9-7-20)18(25)15-4-2-3-5-16(15)19/h2-5H,6-14H2,1H3. The molecule has 2 heterocycles. The average molecular weight is 412 g/mol. The second-order valence-corrected chi connectivity index (χ2v) is 9.07. The van der Waals surface area contributed by atoms with Crippen molar-refractivity contribution < 1.29 is 22.4 Å². The smallest absolute Gasteiger partial charge is 0.256 e. The highest BCUT2D eigenvalue weighted by molar-refractivity contribution is 7.88. The fourth-order valence-corrected chi connectivity index (χ4v) is 4.30. The zero-order chi connectivity index (χ0) is 20.3. The third kappa shape index (κ3) is 4.86. The number of nitrogens with zero attached hydrogens (tertiary/aromatic N) is 4. The van der Waals surface area contributed by atoms with E-state index in [0.29, 0.717) is 52.4 Å². The predicted molar refractivity (Wildman–Crippen MR) is 102 cm³/mol. The highest BCUT2D eigenvalue weighted by Gasteiger charge is 2.29. The van der Waals surface area contributed by atoms with Crippen LogP contribution in [0.25, 0.3) is 0 Å². The summed E-state index contributed by atoms with van der Waals surface area (Å²) >= 11 is 0. The highest BCUT2D eigenvalue weighted by atomic mass is 32.2. The van der Waals surface area contributed by atoms with E-state index in [0.717, 1.165) is 0 Å². The van der Waals surface area contributed by atoms with Gasteiger partial charge in [-0.05, 0) is 12.1 Å². The second-order valence-electron chi connectivity index (χ2n) is 7.09. The number of carbonyl (C=O) groups excluding carboxylic acids is 2. The molecule has 0 radical (unpaired) electrons. The summed E-state index contributed by atoms with van der Waals surface area (Å²) in [6.07, 6.45) is 1.17. The zero-order valence-electron chi connectivity index (χ0n) is 15.9. The zero-order valence-corrected chi connectivity index (χ0v) is 16.7. The molecule has 2 saturated heterocycles. The van der Waals surface area contributed by atoms with Crippen LogP contribution in [0.5, 0.6) is 0 Å². The van der Waals surface area contributed by atoms with Gasteiger partial charge in [0.05, 0.1) is 18.4 Å². The lowest BCUT2D eigenvalue weighted by Crippen LogP contribution is -2.55. The van der Waals surface area contributed by atoms with Crippen LogP contribution in [0.1, 0.15) is 10.4 Å². The molecule has 0 aliphatic carbocycles. The van der Waals surface area contributed by atoms with Crippen molar-refractivity contribution in [1.82, 2.24) is 19.0 Å². The van der Waals surface area contributed by atoms with E-state index in [-0.39, 0.29) is 23.9 Å². The third-order valence-electron chi connectivity index (χ3n) is 5.18. The molecule has 0 saturated carbocycles. The van der Waals surface area contributed by atoms with E-state index in [4.69, 9.17) is 0 Å². The summed E-state index contributed by atoms with van der Waals surface area (Å²) in [5, 5.41) is 0. The van der Waals surface area contributed by atoms with Crippen molar-refractivity contribution in [3.63, 3.8) is 0 Å². The average Bonchev–Trinajstić information content (AvgIpc) is 2.68. The fraction of sp³-hybridized carbons (Fsp3) is 0.556. The Labute approximate surface area is 164 Å². The molecule has 2 fully saturated rings. The Bertz CT molecular complexity index is 832. The molecule has 2 amide bonds. The Hall–Kier alpha value is -2.04. The number of halogens is 1. The first kappa shape index (κ1) is 20.7. The molecule has 2 aliphatic heterocycles. The van der Waals surface area contributed by atoms with Crippen LogP contribution in [0.15, 0.2) is 24.3 Å². The molecule has 0 aromatic heterocycles. The second kappa shape index (κ2) is 8.54. The molecule has 154 valence electrons. The predicted octanol–water partition coefficient (Wildman–Crippen LogP) is -0.313. The van der Waals surface area contributed by atoms with Gasteiger partial charge in [0.2, 0.25) is 15.9 Å². The number of sulfonamides is 1. The molecule has 10 heteroatoms. The molecule has 0 spiro atoms. The van der Waals surface area contributed by atoms with Crippen molar-refractivity contribution in [2.75, 3.05) is 65.2 Å². The lowest BCUT2D eigenvalue weighted by Gasteiger charge is -2.37. The van der Waals surface area contributed by atoms with Gasteiger partial charge in [0, 0.05) is 52.4 Å². The summed E-state index contributed by atoms with van der Waals surface area (Å²) in [7, 11) is -3.22. The topological polar surface area (TPSA) is 81.2 Å². The summed E-state index contributed by atoms with van der Waals surface area (Å²) in [6.45, 7) is 3.58. The Morgan fingerprint density at radius 3 is 2.07 bits per heavy atom. The summed E-state index contributed by atoms with van der Waals surface area (Å²) in [5.74, 6) is -0.902. The maximum absolute atomic E-state index is 13.8. The molecule has 28 heavy (non-hydrogen) atoms. The fourth-order valence-electron chi connectivity index (χ4n) is 3.47. The number of benzene rings is 1. The van der Waals surface area contributed by atoms with Crippen molar-refractivity contribution in [3.8, 4) is 0 Å². The Morgan fingerprint density at radius 2 is 1.50 bits per heavy atom. The largest absolute Gasteiger partial charge is 0.339 e. The van der Waals surface area contributed by atoms with Gasteiger partial charge in [0.25, 0.3) is 5.91 Å². The Kier molecular flexibility index (Phi) is 6.31. The van der Waals surface area contributed by atoms with Crippen molar-refractivity contribution in [1.29, 1.82) is 0 Å². The first-order valence-electron chi connectivity index (χ1n) is 9.25. The minimum atomic E-state index is -3.22. The normalized spacial score (nSPS) is 19.6. The highest BCUT2D eigenvalue weighted by Crippen LogP contribution is 2.13. The molecule has 2 aliphatic rings. The number of hydrogen-bond donors (Lipinski definition) is 0. The van der Waals surface area contributed by atoms with Gasteiger partial charge >= 0.3 is 0 Å². The van der Waals surface area contributed by atoms with Crippen LogP contribution < -0.4 is 0 Å². The van der Waals surface area contributed by atoms with E-state index in [1.807, 2.05) is 4.90 Å². The van der Waals surface area contributed by atoms with E-state index in [1.54, 1.807) is 21.9 Å². The van der Waals surface area contributed by atoms with Gasteiger partial charge in [0.15, 0.2) is 0 Å². The van der Waals surface area contributed by atoms with Gasteiger partial charge in [0.1, 0.15) is 5.82 Å². The summed E-state index contributed by atoms with van der Waals surface area (Å²) < 4.78 is 38.3. The maximum atomic E-state index is 13.8. The molecule has 0 unspecified atom stereocenters. The lowest BCUT2D eigenvalue weighted by atomic mass is 10.1. The van der Waals surface area contributed by atoms with E-state index in [1.165, 1.54) is 22.7 Å². The number of amides is 2. The first-order chi connectivity index (χ1) is 13.3. The van der Waals surface area contributed by atoms with Crippen LogP contribution >= 0.6 is 0 Å². The monoisotopic (exact) mass is 412 g/mol. The number of carbonyl (C=O) groups is 2. The third-order valence-corrected chi connectivity index (χ3v) is 6.49. The van der Waals surface area contributed by atoms with Gasteiger partial charge in [-0.2, -0.15) is 4.31 Å². The van der Waals surface area contributed by atoms with Gasteiger partial charge in [-0.3, -0.25) is 14.5 Å². The summed E-state index contributed by atoms with van der Waals surface area (Å²) in [5.41, 5.74) is 0.0655. The van der Waals surface area contributed by atoms with Crippen molar-refractivity contribution in [2.24, 2.45) is 0 Å². The minimum absolute atomic E-state index is 0.0398. The van der Waals surface area contributed by atoms with Gasteiger partial charge in [-0.25, -0.2) is 12.8 Å². The first-order valence-corrected chi connectivity index (χ1v) is 11.1. The molecule has 0 bridgehead atoms. The van der Waals surface area contributed by atoms with E-state index in [2.05, 4.69) is 0 Å². The molecular weight excluding hydrogens is 387 g/mol. The van der Waals surface area contributed by atoms with Crippen LogP contribution in [0, 0.1) is 5.82 Å². The maximum Gasteiger partial charge on any atom is 0.256 e. The molecule has 1 aromatic carbocycles. The molecular formula is C18H25FN4O4S. The molecule has 0 N–H and O–H groups in total. The van der Waals surface area contributed by atoms with E-state index < -0.39 is 15.8 Å². The van der Waals surface area contributed by atoms with Crippen LogP contribution in [-0.4, -0.2) is 104 Å². The van der Waals surface area contributed by atoms with Crippen LogP contribution in [0.2, 0.25) is 0 Å². The summed E-state index contributed by atoms with van der Waals surface area (Å²) in [6, 6.07) is 5.93. The molecule has 8 nitrogen and oxygen atoms in total. The summed E-state index contributed by atoms with van der Waals surface area (Å²) in [4.78, 5) is 30.2.